The van der Waals surface area contributed by atoms with Crippen LogP contribution in [0.1, 0.15) is 11.3 Å². The average Bonchev–Trinajstić information content (AvgIpc) is 2.85. The highest BCUT2D eigenvalue weighted by Crippen LogP contribution is 2.23. The molecule has 0 fully saturated rings. The molecule has 0 radical (unpaired) electrons. The van der Waals surface area contributed by atoms with Crippen molar-refractivity contribution >= 4 is 16.5 Å². The topological polar surface area (TPSA) is 73.8 Å². The maximum absolute atomic E-state index is 12.2. The van der Waals surface area contributed by atoms with Crippen molar-refractivity contribution in [2.75, 3.05) is 5.73 Å². The molecular formula is C15H14N4OS. The van der Waals surface area contributed by atoms with E-state index >= 15 is 0 Å². The number of aromatic nitrogens is 3. The number of rotatable bonds is 2. The number of nitrogens with zero attached hydrogens (tertiary/aromatic N) is 3. The Morgan fingerprint density at radius 1 is 1.19 bits per heavy atom. The van der Waals surface area contributed by atoms with Gasteiger partial charge in [-0.2, -0.15) is 0 Å². The smallest absolute Gasteiger partial charge is 0.203 e. The lowest BCUT2D eigenvalue weighted by molar-refractivity contribution is 0.971. The zero-order chi connectivity index (χ0) is 15.0. The van der Waals surface area contributed by atoms with Crippen LogP contribution >= 0.6 is 11.3 Å². The fourth-order valence-corrected chi connectivity index (χ4v) is 2.82. The molecule has 0 aliphatic heterocycles. The van der Waals surface area contributed by atoms with E-state index in [0.29, 0.717) is 15.7 Å². The third kappa shape index (κ3) is 2.57. The van der Waals surface area contributed by atoms with Crippen LogP contribution in [0.3, 0.4) is 0 Å². The highest BCUT2D eigenvalue weighted by Gasteiger charge is 2.12. The van der Waals surface area contributed by atoms with Crippen LogP contribution in [0.25, 0.3) is 16.3 Å². The first kappa shape index (κ1) is 13.5. The second-order valence-electron chi connectivity index (χ2n) is 4.85. The van der Waals surface area contributed by atoms with Crippen LogP contribution < -0.4 is 11.2 Å². The Morgan fingerprint density at radius 2 is 2.00 bits per heavy atom. The molecule has 3 rings (SSSR count). The van der Waals surface area contributed by atoms with Gasteiger partial charge in [0, 0.05) is 23.6 Å². The van der Waals surface area contributed by atoms with Crippen molar-refractivity contribution in [3.05, 3.63) is 58.0 Å². The molecule has 2 aromatic heterocycles. The van der Waals surface area contributed by atoms with Crippen molar-refractivity contribution in [3.8, 4) is 16.3 Å². The Morgan fingerprint density at radius 3 is 2.67 bits per heavy atom. The van der Waals surface area contributed by atoms with Crippen LogP contribution in [0.15, 0.2) is 41.3 Å². The summed E-state index contributed by atoms with van der Waals surface area (Å²) in [6.07, 6.45) is 1.80. The van der Waals surface area contributed by atoms with Gasteiger partial charge in [0.15, 0.2) is 10.4 Å². The van der Waals surface area contributed by atoms with E-state index in [1.807, 2.05) is 36.6 Å². The molecule has 0 saturated heterocycles. The van der Waals surface area contributed by atoms with Crippen LogP contribution in [-0.4, -0.2) is 14.8 Å². The Hall–Kier alpha value is -2.47. The van der Waals surface area contributed by atoms with Gasteiger partial charge in [-0.3, -0.25) is 4.79 Å². The summed E-state index contributed by atoms with van der Waals surface area (Å²) in [7, 11) is 0. The maximum Gasteiger partial charge on any atom is 0.203 e. The number of benzene rings is 1. The molecule has 0 saturated carbocycles. The van der Waals surface area contributed by atoms with E-state index in [4.69, 9.17) is 5.73 Å². The molecule has 0 spiro atoms. The fraction of sp³-hybridized carbons (Fsp3) is 0.133. The van der Waals surface area contributed by atoms with Crippen molar-refractivity contribution in [2.24, 2.45) is 0 Å². The minimum absolute atomic E-state index is 0.0763. The van der Waals surface area contributed by atoms with Gasteiger partial charge in [-0.05, 0) is 31.5 Å². The average molecular weight is 298 g/mol. The first-order valence-electron chi connectivity index (χ1n) is 6.44. The zero-order valence-electron chi connectivity index (χ0n) is 11.7. The van der Waals surface area contributed by atoms with Crippen LogP contribution in [0, 0.1) is 13.8 Å². The van der Waals surface area contributed by atoms with Gasteiger partial charge in [0.1, 0.15) is 0 Å². The normalized spacial score (nSPS) is 10.8. The van der Waals surface area contributed by atoms with E-state index < -0.39 is 0 Å². The van der Waals surface area contributed by atoms with Crippen molar-refractivity contribution in [3.63, 3.8) is 0 Å². The molecule has 21 heavy (non-hydrogen) atoms. The molecule has 0 bridgehead atoms. The van der Waals surface area contributed by atoms with Crippen molar-refractivity contribution in [2.45, 2.75) is 13.8 Å². The lowest BCUT2D eigenvalue weighted by Crippen LogP contribution is -2.11. The number of nitrogen functional groups attached to an aromatic ring is 1. The summed E-state index contributed by atoms with van der Waals surface area (Å²) in [6.45, 7) is 3.94. The fourth-order valence-electron chi connectivity index (χ4n) is 2.19. The van der Waals surface area contributed by atoms with E-state index in [0.717, 1.165) is 16.9 Å². The number of hydrogen-bond acceptors (Lipinski definition) is 5. The highest BCUT2D eigenvalue weighted by atomic mass is 32.1. The second kappa shape index (κ2) is 5.14. The van der Waals surface area contributed by atoms with E-state index in [2.05, 4.69) is 16.3 Å². The number of aryl methyl sites for hydroxylation is 2. The van der Waals surface area contributed by atoms with Crippen LogP contribution in [-0.2, 0) is 0 Å². The third-order valence-electron chi connectivity index (χ3n) is 3.19. The first-order valence-corrected chi connectivity index (χ1v) is 7.26. The number of anilines is 1. The Labute approximate surface area is 125 Å². The molecule has 3 aromatic rings. The van der Waals surface area contributed by atoms with Gasteiger partial charge in [0.2, 0.25) is 5.13 Å². The quantitative estimate of drug-likeness (QED) is 0.789. The van der Waals surface area contributed by atoms with Gasteiger partial charge < -0.3 is 10.3 Å². The first-order chi connectivity index (χ1) is 10.0. The van der Waals surface area contributed by atoms with Crippen molar-refractivity contribution in [1.82, 2.24) is 14.8 Å². The molecule has 0 amide bonds. The van der Waals surface area contributed by atoms with E-state index in [9.17, 15) is 4.79 Å². The van der Waals surface area contributed by atoms with Gasteiger partial charge in [0.05, 0.1) is 5.56 Å². The van der Waals surface area contributed by atoms with Gasteiger partial charge in [-0.1, -0.05) is 23.5 Å². The molecule has 0 atom stereocenters. The Kier molecular flexibility index (Phi) is 3.31. The zero-order valence-corrected chi connectivity index (χ0v) is 12.5. The number of hydrogen-bond donors (Lipinski definition) is 1. The van der Waals surface area contributed by atoms with Gasteiger partial charge in [-0.15, -0.1) is 10.2 Å². The number of nitrogens with two attached hydrogens (primary N) is 1. The predicted molar refractivity (Wildman–Crippen MR) is 84.8 cm³/mol. The van der Waals surface area contributed by atoms with Gasteiger partial charge in [0.25, 0.3) is 0 Å². The standard InChI is InChI=1S/C15H14N4OS/c1-9-4-3-5-11(6-9)19-8-12(13(20)7-10(19)2)14-17-18-15(16)21-14/h3-8H,1-2H3,(H2,16,18). The van der Waals surface area contributed by atoms with Crippen LogP contribution in [0.5, 0.6) is 0 Å². The minimum Gasteiger partial charge on any atom is -0.374 e. The number of pyridine rings is 1. The summed E-state index contributed by atoms with van der Waals surface area (Å²) < 4.78 is 1.97. The van der Waals surface area contributed by atoms with Crippen LogP contribution in [0.2, 0.25) is 0 Å². The van der Waals surface area contributed by atoms with Gasteiger partial charge >= 0.3 is 0 Å². The molecule has 106 valence electrons. The van der Waals surface area contributed by atoms with Gasteiger partial charge in [-0.25, -0.2) is 0 Å². The summed E-state index contributed by atoms with van der Waals surface area (Å²) in [6, 6.07) is 9.70. The summed E-state index contributed by atoms with van der Waals surface area (Å²) in [4.78, 5) is 12.2. The molecule has 0 aliphatic rings. The molecule has 0 aliphatic carbocycles. The Bertz CT molecular complexity index is 866. The van der Waals surface area contributed by atoms with E-state index in [-0.39, 0.29) is 5.43 Å². The third-order valence-corrected chi connectivity index (χ3v) is 3.98. The molecule has 2 heterocycles. The van der Waals surface area contributed by atoms with Crippen molar-refractivity contribution < 1.29 is 0 Å². The largest absolute Gasteiger partial charge is 0.374 e. The maximum atomic E-state index is 12.2. The van der Waals surface area contributed by atoms with Crippen LogP contribution in [0.4, 0.5) is 5.13 Å². The summed E-state index contributed by atoms with van der Waals surface area (Å²) in [5, 5.41) is 8.62. The Balaban J connectivity index is 2.21. The van der Waals surface area contributed by atoms with E-state index in [1.54, 1.807) is 12.3 Å². The van der Waals surface area contributed by atoms with E-state index in [1.165, 1.54) is 11.3 Å². The minimum atomic E-state index is -0.0763. The SMILES string of the molecule is Cc1cccc(-n2cc(-c3nnc(N)s3)c(=O)cc2C)c1. The molecule has 0 unspecified atom stereocenters. The summed E-state index contributed by atoms with van der Waals surface area (Å²) in [5.41, 5.74) is 9.07. The summed E-state index contributed by atoms with van der Waals surface area (Å²) >= 11 is 1.21. The monoisotopic (exact) mass is 298 g/mol. The lowest BCUT2D eigenvalue weighted by Gasteiger charge is -2.12. The molecule has 5 nitrogen and oxygen atoms in total. The molecular weight excluding hydrogens is 284 g/mol. The summed E-state index contributed by atoms with van der Waals surface area (Å²) in [5.74, 6) is 0. The second-order valence-corrected chi connectivity index (χ2v) is 5.86. The lowest BCUT2D eigenvalue weighted by atomic mass is 10.2. The molecule has 6 heteroatoms. The molecule has 1 aromatic carbocycles. The van der Waals surface area contributed by atoms with Crippen molar-refractivity contribution in [1.29, 1.82) is 0 Å². The highest BCUT2D eigenvalue weighted by molar-refractivity contribution is 7.18. The predicted octanol–water partition coefficient (Wildman–Crippen LogP) is 2.56. The molecule has 2 N–H and O–H groups in total.